The summed E-state index contributed by atoms with van der Waals surface area (Å²) in [6.07, 6.45) is 0.795. The number of nitro groups is 1. The van der Waals surface area contributed by atoms with Crippen molar-refractivity contribution in [2.45, 2.75) is 33.2 Å². The predicted molar refractivity (Wildman–Crippen MR) is 120 cm³/mol. The molecule has 1 aliphatic heterocycles. The average Bonchev–Trinajstić information content (AvgIpc) is 2.74. The minimum absolute atomic E-state index is 0.0655. The van der Waals surface area contributed by atoms with Crippen molar-refractivity contribution in [3.05, 3.63) is 46.1 Å². The van der Waals surface area contributed by atoms with Crippen molar-refractivity contribution in [1.29, 1.82) is 0 Å². The normalized spacial score (nSPS) is 16.6. The van der Waals surface area contributed by atoms with Crippen LogP contribution in [0.3, 0.4) is 0 Å². The molecule has 1 aromatic heterocycles. The number of likely N-dealkylation sites (N-methyl/N-ethyl adjacent to an activating group) is 1. The molecule has 0 amide bonds. The third-order valence-corrected chi connectivity index (χ3v) is 5.75. The van der Waals surface area contributed by atoms with Crippen LogP contribution < -0.4 is 5.32 Å². The molecule has 3 rings (SSSR count). The number of nitrogens with zero attached hydrogens (tertiary/aromatic N) is 5. The van der Waals surface area contributed by atoms with Crippen molar-refractivity contribution in [2.75, 3.05) is 45.1 Å². The maximum atomic E-state index is 10.9. The Labute approximate surface area is 178 Å². The molecule has 2 aromatic rings. The van der Waals surface area contributed by atoms with Gasteiger partial charge >= 0.3 is 0 Å². The summed E-state index contributed by atoms with van der Waals surface area (Å²) in [5.74, 6) is 1.92. The lowest BCUT2D eigenvalue weighted by molar-refractivity contribution is -0.384. The molecule has 2 heterocycles. The Kier molecular flexibility index (Phi) is 7.33. The zero-order chi connectivity index (χ0) is 21.7. The van der Waals surface area contributed by atoms with Crippen LogP contribution in [0.5, 0.6) is 0 Å². The van der Waals surface area contributed by atoms with E-state index in [1.165, 1.54) is 12.1 Å². The lowest BCUT2D eigenvalue weighted by atomic mass is 10.0. The summed E-state index contributed by atoms with van der Waals surface area (Å²) in [7, 11) is 2.17. The maximum absolute atomic E-state index is 10.9. The number of aryl methyl sites for hydroxylation is 1. The molecule has 1 fully saturated rings. The van der Waals surface area contributed by atoms with Gasteiger partial charge < -0.3 is 10.2 Å². The van der Waals surface area contributed by atoms with E-state index < -0.39 is 4.92 Å². The summed E-state index contributed by atoms with van der Waals surface area (Å²) in [5.41, 5.74) is 1.79. The van der Waals surface area contributed by atoms with E-state index in [1.54, 1.807) is 12.1 Å². The molecule has 8 nitrogen and oxygen atoms in total. The summed E-state index contributed by atoms with van der Waals surface area (Å²) in [6.45, 7) is 11.8. The van der Waals surface area contributed by atoms with Crippen molar-refractivity contribution < 1.29 is 4.92 Å². The Bertz CT molecular complexity index is 847. The summed E-state index contributed by atoms with van der Waals surface area (Å²) < 4.78 is 0. The number of aromatic nitrogens is 2. The van der Waals surface area contributed by atoms with Gasteiger partial charge in [0.1, 0.15) is 5.82 Å². The average molecular weight is 413 g/mol. The van der Waals surface area contributed by atoms with Crippen LogP contribution in [-0.4, -0.2) is 70.5 Å². The number of non-ortho nitro benzene ring substituents is 1. The van der Waals surface area contributed by atoms with Gasteiger partial charge in [-0.25, -0.2) is 9.97 Å². The van der Waals surface area contributed by atoms with Crippen LogP contribution in [0.2, 0.25) is 0 Å². The Morgan fingerprint density at radius 3 is 2.37 bits per heavy atom. The smallest absolute Gasteiger partial charge is 0.269 e. The lowest BCUT2D eigenvalue weighted by Gasteiger charge is -2.40. The fraction of sp³-hybridized carbons (Fsp3) is 0.545. The van der Waals surface area contributed by atoms with Gasteiger partial charge in [0.25, 0.3) is 5.69 Å². The molecule has 1 aromatic carbocycles. The molecule has 0 bridgehead atoms. The van der Waals surface area contributed by atoms with Gasteiger partial charge in [-0.15, -0.1) is 0 Å². The van der Waals surface area contributed by atoms with E-state index in [2.05, 4.69) is 47.9 Å². The zero-order valence-corrected chi connectivity index (χ0v) is 18.3. The monoisotopic (exact) mass is 412 g/mol. The van der Waals surface area contributed by atoms with Crippen LogP contribution in [0.1, 0.15) is 26.5 Å². The highest BCUT2D eigenvalue weighted by atomic mass is 16.6. The van der Waals surface area contributed by atoms with Crippen molar-refractivity contribution in [2.24, 2.45) is 5.92 Å². The maximum Gasteiger partial charge on any atom is 0.269 e. The van der Waals surface area contributed by atoms with Gasteiger partial charge in [0.15, 0.2) is 5.82 Å². The van der Waals surface area contributed by atoms with Crippen LogP contribution in [-0.2, 0) is 6.42 Å². The Morgan fingerprint density at radius 1 is 1.13 bits per heavy atom. The fourth-order valence-corrected chi connectivity index (χ4v) is 3.78. The summed E-state index contributed by atoms with van der Waals surface area (Å²) in [4.78, 5) is 24.8. The Balaban J connectivity index is 1.76. The number of nitro benzene ring substituents is 1. The first kappa shape index (κ1) is 22.1. The number of piperazine rings is 1. The standard InChI is InChI=1S/C22H32N6O2/c1-5-18-14-21(23-15-20(16(2)3)27-12-10-26(4)11-13-27)25-22(24-18)17-6-8-19(9-7-17)28(29)30/h6-9,14,16,20H,5,10-13,15H2,1-4H3,(H,23,24,25). The molecule has 0 radical (unpaired) electrons. The molecular weight excluding hydrogens is 380 g/mol. The van der Waals surface area contributed by atoms with Crippen LogP contribution in [0.4, 0.5) is 11.5 Å². The van der Waals surface area contributed by atoms with E-state index >= 15 is 0 Å². The Morgan fingerprint density at radius 2 is 1.80 bits per heavy atom. The number of nitrogens with one attached hydrogen (secondary N) is 1. The highest BCUT2D eigenvalue weighted by Crippen LogP contribution is 2.22. The number of hydrogen-bond acceptors (Lipinski definition) is 7. The molecule has 1 unspecified atom stereocenters. The first-order chi connectivity index (χ1) is 14.4. The second-order valence-corrected chi connectivity index (χ2v) is 8.26. The first-order valence-corrected chi connectivity index (χ1v) is 10.7. The first-order valence-electron chi connectivity index (χ1n) is 10.7. The molecule has 162 valence electrons. The third-order valence-electron chi connectivity index (χ3n) is 5.75. The van der Waals surface area contributed by atoms with Gasteiger partial charge in [0.2, 0.25) is 0 Å². The van der Waals surface area contributed by atoms with Crippen LogP contribution in [0.25, 0.3) is 11.4 Å². The largest absolute Gasteiger partial charge is 0.368 e. The number of anilines is 1. The molecule has 1 atom stereocenters. The van der Waals surface area contributed by atoms with Crippen molar-refractivity contribution in [3.63, 3.8) is 0 Å². The molecule has 1 saturated heterocycles. The molecule has 1 aliphatic rings. The molecule has 1 N–H and O–H groups in total. The van der Waals surface area contributed by atoms with Crippen molar-refractivity contribution >= 4 is 11.5 Å². The fourth-order valence-electron chi connectivity index (χ4n) is 3.78. The van der Waals surface area contributed by atoms with Gasteiger partial charge in [-0.1, -0.05) is 20.8 Å². The minimum atomic E-state index is -0.398. The zero-order valence-electron chi connectivity index (χ0n) is 18.3. The number of benzene rings is 1. The number of rotatable bonds is 8. The van der Waals surface area contributed by atoms with Gasteiger partial charge in [0.05, 0.1) is 4.92 Å². The van der Waals surface area contributed by atoms with E-state index in [0.29, 0.717) is 17.8 Å². The van der Waals surface area contributed by atoms with Gasteiger partial charge in [-0.2, -0.15) is 0 Å². The van der Waals surface area contributed by atoms with Gasteiger partial charge in [0, 0.05) is 68.2 Å². The highest BCUT2D eigenvalue weighted by Gasteiger charge is 2.25. The summed E-state index contributed by atoms with van der Waals surface area (Å²) >= 11 is 0. The van der Waals surface area contributed by atoms with E-state index in [9.17, 15) is 10.1 Å². The van der Waals surface area contributed by atoms with Crippen LogP contribution in [0.15, 0.2) is 30.3 Å². The molecule has 0 spiro atoms. The summed E-state index contributed by atoms with van der Waals surface area (Å²) in [6, 6.07) is 8.83. The van der Waals surface area contributed by atoms with Crippen molar-refractivity contribution in [1.82, 2.24) is 19.8 Å². The SMILES string of the molecule is CCc1cc(NCC(C(C)C)N2CCN(C)CC2)nc(-c2ccc([N+](=O)[O-])cc2)n1. The Hall–Kier alpha value is -2.58. The molecule has 0 saturated carbocycles. The molecule has 8 heteroatoms. The second kappa shape index (κ2) is 9.95. The van der Waals surface area contributed by atoms with E-state index in [-0.39, 0.29) is 5.69 Å². The van der Waals surface area contributed by atoms with Gasteiger partial charge in [-0.3, -0.25) is 15.0 Å². The van der Waals surface area contributed by atoms with Crippen molar-refractivity contribution in [3.8, 4) is 11.4 Å². The quantitative estimate of drug-likeness (QED) is 0.526. The minimum Gasteiger partial charge on any atom is -0.368 e. The topological polar surface area (TPSA) is 87.4 Å². The van der Waals surface area contributed by atoms with Gasteiger partial charge in [-0.05, 0) is 31.5 Å². The van der Waals surface area contributed by atoms with E-state index in [4.69, 9.17) is 4.98 Å². The lowest BCUT2D eigenvalue weighted by Crippen LogP contribution is -2.52. The number of hydrogen-bond donors (Lipinski definition) is 1. The summed E-state index contributed by atoms with van der Waals surface area (Å²) in [5, 5.41) is 14.4. The molecule has 0 aliphatic carbocycles. The third kappa shape index (κ3) is 5.52. The molecular formula is C22H32N6O2. The second-order valence-electron chi connectivity index (χ2n) is 8.26. The predicted octanol–water partition coefficient (Wildman–Crippen LogP) is 3.30. The van der Waals surface area contributed by atoms with E-state index in [1.807, 2.05) is 6.07 Å². The van der Waals surface area contributed by atoms with Crippen LogP contribution in [0, 0.1) is 16.0 Å². The van der Waals surface area contributed by atoms with E-state index in [0.717, 1.165) is 56.2 Å². The molecule has 30 heavy (non-hydrogen) atoms. The highest BCUT2D eigenvalue weighted by molar-refractivity contribution is 5.59. The van der Waals surface area contributed by atoms with Crippen LogP contribution >= 0.6 is 0 Å².